The molecule has 0 N–H and O–H groups in total. The van der Waals surface area contributed by atoms with E-state index in [4.69, 9.17) is 11.6 Å². The van der Waals surface area contributed by atoms with Crippen molar-refractivity contribution in [2.45, 2.75) is 19.8 Å². The van der Waals surface area contributed by atoms with Crippen molar-refractivity contribution >= 4 is 28.5 Å². The van der Waals surface area contributed by atoms with Crippen LogP contribution in [0.2, 0.25) is 5.02 Å². The molecule has 0 aliphatic heterocycles. The first-order valence-corrected chi connectivity index (χ1v) is 6.09. The van der Waals surface area contributed by atoms with Crippen molar-refractivity contribution in [3.8, 4) is 0 Å². The van der Waals surface area contributed by atoms with Gasteiger partial charge in [0.1, 0.15) is 0 Å². The van der Waals surface area contributed by atoms with Crippen molar-refractivity contribution in [3.63, 3.8) is 0 Å². The van der Waals surface area contributed by atoms with Gasteiger partial charge in [-0.25, -0.2) is 4.79 Å². The first kappa shape index (κ1) is 12.8. The van der Waals surface area contributed by atoms with E-state index in [0.717, 1.165) is 16.5 Å². The number of benzene rings is 1. The molecule has 0 atom stereocenters. The average molecular weight is 264 g/mol. The average Bonchev–Trinajstić information content (AvgIpc) is 2.38. The molecule has 0 aliphatic carbocycles. The number of rotatable bonds is 2. The molecule has 0 radical (unpaired) electrons. The summed E-state index contributed by atoms with van der Waals surface area (Å²) >= 11 is 6.25. The Bertz CT molecular complexity index is 608. The van der Waals surface area contributed by atoms with E-state index in [-0.39, 0.29) is 0 Å². The molecule has 3 nitrogen and oxygen atoms in total. The number of esters is 1. The zero-order valence-electron chi connectivity index (χ0n) is 10.5. The second kappa shape index (κ2) is 4.94. The molecule has 0 saturated carbocycles. The molecule has 1 heterocycles. The first-order chi connectivity index (χ1) is 8.54. The predicted octanol–water partition coefficient (Wildman–Crippen LogP) is 3.80. The molecule has 1 aromatic heterocycles. The van der Waals surface area contributed by atoms with Crippen LogP contribution in [-0.2, 0) is 4.74 Å². The topological polar surface area (TPSA) is 39.2 Å². The number of halogens is 1. The van der Waals surface area contributed by atoms with E-state index in [1.54, 1.807) is 0 Å². The van der Waals surface area contributed by atoms with Crippen molar-refractivity contribution in [1.82, 2.24) is 4.98 Å². The van der Waals surface area contributed by atoms with Crippen LogP contribution in [0.5, 0.6) is 0 Å². The van der Waals surface area contributed by atoms with Gasteiger partial charge in [0.05, 0.1) is 23.2 Å². The maximum absolute atomic E-state index is 11.6. The molecule has 0 bridgehead atoms. The third-order valence-corrected chi connectivity index (χ3v) is 3.31. The van der Waals surface area contributed by atoms with Gasteiger partial charge in [-0.3, -0.25) is 4.98 Å². The highest BCUT2D eigenvalue weighted by molar-refractivity contribution is 6.38. The lowest BCUT2D eigenvalue weighted by atomic mass is 10.0. The van der Waals surface area contributed by atoms with E-state index in [9.17, 15) is 4.79 Å². The zero-order valence-corrected chi connectivity index (χ0v) is 11.3. The molecule has 2 rings (SSSR count). The normalized spacial score (nSPS) is 10.9. The van der Waals surface area contributed by atoms with Crippen LogP contribution in [0.3, 0.4) is 0 Å². The lowest BCUT2D eigenvalue weighted by Gasteiger charge is -2.09. The van der Waals surface area contributed by atoms with E-state index in [2.05, 4.69) is 23.6 Å². The van der Waals surface area contributed by atoms with Crippen LogP contribution in [0.25, 0.3) is 10.9 Å². The minimum atomic E-state index is -0.468. The van der Waals surface area contributed by atoms with Gasteiger partial charge in [0, 0.05) is 11.6 Å². The van der Waals surface area contributed by atoms with Crippen molar-refractivity contribution in [2.24, 2.45) is 0 Å². The molecule has 94 valence electrons. The Morgan fingerprint density at radius 2 is 2.11 bits per heavy atom. The molecule has 0 saturated heterocycles. The number of carbonyl (C=O) groups is 1. The molecule has 2 aromatic rings. The Balaban J connectivity index is 2.67. The summed E-state index contributed by atoms with van der Waals surface area (Å²) in [4.78, 5) is 15.8. The van der Waals surface area contributed by atoms with Gasteiger partial charge in [0.15, 0.2) is 0 Å². The Hall–Kier alpha value is -1.61. The third kappa shape index (κ3) is 2.18. The number of hydrogen-bond acceptors (Lipinski definition) is 3. The van der Waals surface area contributed by atoms with Gasteiger partial charge >= 0.3 is 5.97 Å². The van der Waals surface area contributed by atoms with Crippen molar-refractivity contribution in [3.05, 3.63) is 40.5 Å². The number of methoxy groups -OCH3 is 1. The standard InChI is InChI=1S/C14H14ClNO2/c1-8(2)9-4-5-12-10(6-9)13(15)11(7-16-12)14(17)18-3/h4-8H,1-3H3. The fraction of sp³-hybridized carbons (Fsp3) is 0.286. The van der Waals surface area contributed by atoms with E-state index < -0.39 is 5.97 Å². The third-order valence-electron chi connectivity index (χ3n) is 2.90. The summed E-state index contributed by atoms with van der Waals surface area (Å²) in [5.74, 6) is -0.0726. The number of ether oxygens (including phenoxy) is 1. The van der Waals surface area contributed by atoms with Gasteiger partial charge in [-0.05, 0) is 23.6 Å². The molecule has 0 amide bonds. The van der Waals surface area contributed by atoms with Gasteiger partial charge in [-0.1, -0.05) is 31.5 Å². The van der Waals surface area contributed by atoms with Gasteiger partial charge in [0.2, 0.25) is 0 Å². The fourth-order valence-corrected chi connectivity index (χ4v) is 2.07. The second-order valence-electron chi connectivity index (χ2n) is 4.41. The number of nitrogens with zero attached hydrogens (tertiary/aromatic N) is 1. The molecule has 0 unspecified atom stereocenters. The Morgan fingerprint density at radius 1 is 1.39 bits per heavy atom. The van der Waals surface area contributed by atoms with E-state index in [0.29, 0.717) is 16.5 Å². The molecule has 0 aliphatic rings. The lowest BCUT2D eigenvalue weighted by Crippen LogP contribution is -2.03. The van der Waals surface area contributed by atoms with Crippen LogP contribution >= 0.6 is 11.6 Å². The number of hydrogen-bond donors (Lipinski definition) is 0. The minimum Gasteiger partial charge on any atom is -0.465 e. The van der Waals surface area contributed by atoms with Crippen molar-refractivity contribution in [2.75, 3.05) is 7.11 Å². The van der Waals surface area contributed by atoms with E-state index >= 15 is 0 Å². The minimum absolute atomic E-state index is 0.299. The van der Waals surface area contributed by atoms with Crippen LogP contribution < -0.4 is 0 Å². The molecular formula is C14H14ClNO2. The summed E-state index contributed by atoms with van der Waals surface area (Å²) in [6.45, 7) is 4.21. The number of pyridine rings is 1. The van der Waals surface area contributed by atoms with Crippen LogP contribution in [-0.4, -0.2) is 18.1 Å². The SMILES string of the molecule is COC(=O)c1cnc2ccc(C(C)C)cc2c1Cl. The van der Waals surface area contributed by atoms with Crippen molar-refractivity contribution < 1.29 is 9.53 Å². The highest BCUT2D eigenvalue weighted by Crippen LogP contribution is 2.29. The quantitative estimate of drug-likeness (QED) is 0.774. The van der Waals surface area contributed by atoms with Gasteiger partial charge < -0.3 is 4.74 Å². The molecule has 4 heteroatoms. The summed E-state index contributed by atoms with van der Waals surface area (Å²) in [6.07, 6.45) is 1.45. The number of fused-ring (bicyclic) bond motifs is 1. The second-order valence-corrected chi connectivity index (χ2v) is 4.79. The van der Waals surface area contributed by atoms with Gasteiger partial charge in [-0.15, -0.1) is 0 Å². The predicted molar refractivity (Wildman–Crippen MR) is 72.2 cm³/mol. The van der Waals surface area contributed by atoms with Crippen LogP contribution in [0, 0.1) is 0 Å². The van der Waals surface area contributed by atoms with E-state index in [1.165, 1.54) is 13.3 Å². The molecule has 18 heavy (non-hydrogen) atoms. The summed E-state index contributed by atoms with van der Waals surface area (Å²) in [5, 5.41) is 1.18. The molecule has 0 spiro atoms. The first-order valence-electron chi connectivity index (χ1n) is 5.71. The molecule has 1 aromatic carbocycles. The highest BCUT2D eigenvalue weighted by Gasteiger charge is 2.14. The number of aromatic nitrogens is 1. The van der Waals surface area contributed by atoms with Crippen molar-refractivity contribution in [1.29, 1.82) is 0 Å². The highest BCUT2D eigenvalue weighted by atomic mass is 35.5. The largest absolute Gasteiger partial charge is 0.465 e. The number of carbonyl (C=O) groups excluding carboxylic acids is 1. The van der Waals surface area contributed by atoms with E-state index in [1.807, 2.05) is 18.2 Å². The fourth-order valence-electron chi connectivity index (χ4n) is 1.79. The Morgan fingerprint density at radius 3 is 2.72 bits per heavy atom. The Labute approximate surface area is 111 Å². The zero-order chi connectivity index (χ0) is 13.3. The molecular weight excluding hydrogens is 250 g/mol. The molecule has 0 fully saturated rings. The van der Waals surface area contributed by atoms with Gasteiger partial charge in [-0.2, -0.15) is 0 Å². The van der Waals surface area contributed by atoms with Gasteiger partial charge in [0.25, 0.3) is 0 Å². The maximum atomic E-state index is 11.6. The van der Waals surface area contributed by atoms with Crippen LogP contribution in [0.15, 0.2) is 24.4 Å². The van der Waals surface area contributed by atoms with Crippen LogP contribution in [0.1, 0.15) is 35.7 Å². The summed E-state index contributed by atoms with van der Waals surface area (Å²) in [5.41, 5.74) is 2.23. The maximum Gasteiger partial charge on any atom is 0.340 e. The summed E-state index contributed by atoms with van der Waals surface area (Å²) in [6, 6.07) is 5.91. The smallest absolute Gasteiger partial charge is 0.340 e. The summed E-state index contributed by atoms with van der Waals surface area (Å²) < 4.78 is 4.68. The summed E-state index contributed by atoms with van der Waals surface area (Å²) in [7, 11) is 1.33. The monoisotopic (exact) mass is 263 g/mol. The Kier molecular flexibility index (Phi) is 3.53. The lowest BCUT2D eigenvalue weighted by molar-refractivity contribution is 0.0600. The van der Waals surface area contributed by atoms with Crippen LogP contribution in [0.4, 0.5) is 0 Å².